The lowest BCUT2D eigenvalue weighted by Gasteiger charge is -2.22. The minimum Gasteiger partial charge on any atom is -0.393 e. The molecule has 0 aliphatic carbocycles. The molecule has 2 nitrogen and oxygen atoms in total. The Morgan fingerprint density at radius 3 is 2.00 bits per heavy atom. The van der Waals surface area contributed by atoms with Gasteiger partial charge in [0.2, 0.25) is 0 Å². The van der Waals surface area contributed by atoms with Crippen LogP contribution < -0.4 is 0 Å². The fourth-order valence-electron chi connectivity index (χ4n) is 1.20. The normalized spacial score (nSPS) is 15.5. The molecule has 0 aliphatic rings. The molecule has 0 aromatic heterocycles. The van der Waals surface area contributed by atoms with Crippen molar-refractivity contribution in [2.45, 2.75) is 52.2 Å². The molecule has 0 rings (SSSR count). The van der Waals surface area contributed by atoms with Crippen molar-refractivity contribution >= 4 is 0 Å². The van der Waals surface area contributed by atoms with Gasteiger partial charge in [-0.25, -0.2) is 0 Å². The van der Waals surface area contributed by atoms with Crippen LogP contribution >= 0.6 is 0 Å². The predicted octanol–water partition coefficient (Wildman–Crippen LogP) is 1.55. The summed E-state index contributed by atoms with van der Waals surface area (Å²) in [4.78, 5) is 0. The van der Waals surface area contributed by atoms with E-state index >= 15 is 0 Å². The molecule has 1 unspecified atom stereocenters. The van der Waals surface area contributed by atoms with Crippen LogP contribution in [0.25, 0.3) is 0 Å². The lowest BCUT2D eigenvalue weighted by molar-refractivity contribution is 0.0119. The van der Waals surface area contributed by atoms with Crippen LogP contribution in [0.5, 0.6) is 0 Å². The van der Waals surface area contributed by atoms with Crippen LogP contribution in [0.4, 0.5) is 0 Å². The summed E-state index contributed by atoms with van der Waals surface area (Å²) < 4.78 is 0. The van der Waals surface area contributed by atoms with E-state index in [0.717, 1.165) is 6.42 Å². The first-order valence-electron chi connectivity index (χ1n) is 4.21. The average molecular weight is 160 g/mol. The molecule has 0 fully saturated rings. The zero-order valence-electron chi connectivity index (χ0n) is 7.96. The molecular formula is C9H20O2. The van der Waals surface area contributed by atoms with Gasteiger partial charge in [0.05, 0.1) is 11.7 Å². The van der Waals surface area contributed by atoms with Gasteiger partial charge in [0, 0.05) is 6.42 Å². The standard InChI is InChI=1S/C9H20O2/c1-7(2)5-8(10)6-9(3,4)11/h7-8,10-11H,5-6H2,1-4H3. The molecule has 11 heavy (non-hydrogen) atoms. The minimum atomic E-state index is -0.742. The van der Waals surface area contributed by atoms with E-state index in [1.807, 2.05) is 0 Å². The topological polar surface area (TPSA) is 40.5 Å². The number of hydrogen-bond acceptors (Lipinski definition) is 2. The summed E-state index contributed by atoms with van der Waals surface area (Å²) >= 11 is 0. The summed E-state index contributed by atoms with van der Waals surface area (Å²) in [5, 5.41) is 18.7. The Morgan fingerprint density at radius 1 is 1.27 bits per heavy atom. The zero-order valence-corrected chi connectivity index (χ0v) is 7.96. The number of aliphatic hydroxyl groups is 2. The van der Waals surface area contributed by atoms with Crippen molar-refractivity contribution in [2.75, 3.05) is 0 Å². The SMILES string of the molecule is CC(C)CC(O)CC(C)(C)O. The Labute approximate surface area is 69.2 Å². The third kappa shape index (κ3) is 7.82. The first kappa shape index (κ1) is 10.9. The molecule has 0 radical (unpaired) electrons. The van der Waals surface area contributed by atoms with E-state index < -0.39 is 5.60 Å². The molecule has 0 spiro atoms. The van der Waals surface area contributed by atoms with Crippen molar-refractivity contribution < 1.29 is 10.2 Å². The smallest absolute Gasteiger partial charge is 0.0616 e. The molecule has 0 saturated heterocycles. The van der Waals surface area contributed by atoms with Crippen LogP contribution in [0.1, 0.15) is 40.5 Å². The molecule has 68 valence electrons. The van der Waals surface area contributed by atoms with Crippen molar-refractivity contribution in [1.29, 1.82) is 0 Å². The largest absolute Gasteiger partial charge is 0.393 e. The number of hydrogen-bond donors (Lipinski definition) is 2. The third-order valence-corrected chi connectivity index (χ3v) is 1.48. The summed E-state index contributed by atoms with van der Waals surface area (Å²) in [6.07, 6.45) is 0.866. The lowest BCUT2D eigenvalue weighted by Crippen LogP contribution is -2.26. The van der Waals surface area contributed by atoms with E-state index in [2.05, 4.69) is 13.8 Å². The van der Waals surface area contributed by atoms with Crippen LogP contribution in [-0.2, 0) is 0 Å². The summed E-state index contributed by atoms with van der Waals surface area (Å²) in [6, 6.07) is 0. The fourth-order valence-corrected chi connectivity index (χ4v) is 1.20. The Hall–Kier alpha value is -0.0800. The maximum absolute atomic E-state index is 9.40. The molecule has 2 N–H and O–H groups in total. The van der Waals surface area contributed by atoms with Crippen molar-refractivity contribution in [3.8, 4) is 0 Å². The Morgan fingerprint density at radius 2 is 1.73 bits per heavy atom. The van der Waals surface area contributed by atoms with Gasteiger partial charge in [-0.15, -0.1) is 0 Å². The van der Waals surface area contributed by atoms with Gasteiger partial charge in [-0.1, -0.05) is 13.8 Å². The molecule has 0 saturated carbocycles. The lowest BCUT2D eigenvalue weighted by atomic mass is 9.95. The highest BCUT2D eigenvalue weighted by Gasteiger charge is 2.18. The molecule has 0 amide bonds. The van der Waals surface area contributed by atoms with Crippen LogP contribution in [0.3, 0.4) is 0 Å². The van der Waals surface area contributed by atoms with Gasteiger partial charge in [0.1, 0.15) is 0 Å². The molecular weight excluding hydrogens is 140 g/mol. The van der Waals surface area contributed by atoms with Crippen LogP contribution in [-0.4, -0.2) is 21.9 Å². The van der Waals surface area contributed by atoms with Gasteiger partial charge in [-0.3, -0.25) is 0 Å². The van der Waals surface area contributed by atoms with Gasteiger partial charge in [-0.05, 0) is 26.2 Å². The summed E-state index contributed by atoms with van der Waals surface area (Å²) in [5.74, 6) is 0.493. The maximum Gasteiger partial charge on any atom is 0.0616 e. The summed E-state index contributed by atoms with van der Waals surface area (Å²) in [5.41, 5.74) is -0.742. The van der Waals surface area contributed by atoms with Gasteiger partial charge < -0.3 is 10.2 Å². The zero-order chi connectivity index (χ0) is 9.07. The highest BCUT2D eigenvalue weighted by molar-refractivity contribution is 4.71. The first-order chi connectivity index (χ1) is 4.81. The van der Waals surface area contributed by atoms with E-state index in [-0.39, 0.29) is 6.10 Å². The summed E-state index contributed by atoms with van der Waals surface area (Å²) in [6.45, 7) is 7.56. The molecule has 0 bridgehead atoms. The van der Waals surface area contributed by atoms with Crippen molar-refractivity contribution in [3.63, 3.8) is 0 Å². The molecule has 0 heterocycles. The quantitative estimate of drug-likeness (QED) is 0.655. The Balaban J connectivity index is 3.61. The molecule has 0 aliphatic heterocycles. The van der Waals surface area contributed by atoms with Crippen molar-refractivity contribution in [1.82, 2.24) is 0 Å². The minimum absolute atomic E-state index is 0.366. The van der Waals surface area contributed by atoms with Crippen molar-refractivity contribution in [3.05, 3.63) is 0 Å². The van der Waals surface area contributed by atoms with Crippen LogP contribution in [0.2, 0.25) is 0 Å². The molecule has 0 aromatic rings. The van der Waals surface area contributed by atoms with Gasteiger partial charge in [-0.2, -0.15) is 0 Å². The summed E-state index contributed by atoms with van der Waals surface area (Å²) in [7, 11) is 0. The highest BCUT2D eigenvalue weighted by Crippen LogP contribution is 2.15. The third-order valence-electron chi connectivity index (χ3n) is 1.48. The molecule has 0 aromatic carbocycles. The van der Waals surface area contributed by atoms with Gasteiger partial charge >= 0.3 is 0 Å². The van der Waals surface area contributed by atoms with Gasteiger partial charge in [0.25, 0.3) is 0 Å². The monoisotopic (exact) mass is 160 g/mol. The first-order valence-corrected chi connectivity index (χ1v) is 4.21. The Bertz CT molecular complexity index is 103. The second-order valence-corrected chi connectivity index (χ2v) is 4.30. The Kier molecular flexibility index (Phi) is 4.04. The second-order valence-electron chi connectivity index (χ2n) is 4.30. The van der Waals surface area contributed by atoms with E-state index in [1.165, 1.54) is 0 Å². The fraction of sp³-hybridized carbons (Fsp3) is 1.00. The second kappa shape index (κ2) is 4.07. The van der Waals surface area contributed by atoms with Crippen molar-refractivity contribution in [2.24, 2.45) is 5.92 Å². The average Bonchev–Trinajstić information content (AvgIpc) is 1.53. The van der Waals surface area contributed by atoms with Gasteiger partial charge in [0.15, 0.2) is 0 Å². The van der Waals surface area contributed by atoms with Crippen LogP contribution in [0.15, 0.2) is 0 Å². The van der Waals surface area contributed by atoms with E-state index in [9.17, 15) is 10.2 Å². The van der Waals surface area contributed by atoms with E-state index in [0.29, 0.717) is 12.3 Å². The highest BCUT2D eigenvalue weighted by atomic mass is 16.3. The van der Waals surface area contributed by atoms with E-state index in [4.69, 9.17) is 0 Å². The molecule has 1 atom stereocenters. The maximum atomic E-state index is 9.40. The van der Waals surface area contributed by atoms with E-state index in [1.54, 1.807) is 13.8 Å². The molecule has 2 heteroatoms. The number of rotatable bonds is 4. The predicted molar refractivity (Wildman–Crippen MR) is 46.4 cm³/mol. The number of aliphatic hydroxyl groups excluding tert-OH is 1. The van der Waals surface area contributed by atoms with Crippen LogP contribution in [0, 0.1) is 5.92 Å².